The Morgan fingerprint density at radius 1 is 1.12 bits per heavy atom. The minimum Gasteiger partial charge on any atom is -0.378 e. The third-order valence-electron chi connectivity index (χ3n) is 6.91. The van der Waals surface area contributed by atoms with Gasteiger partial charge in [-0.25, -0.2) is 8.91 Å². The lowest BCUT2D eigenvalue weighted by atomic mass is 9.78. The minimum absolute atomic E-state index is 0.144. The summed E-state index contributed by atoms with van der Waals surface area (Å²) in [4.78, 5) is 13.4. The van der Waals surface area contributed by atoms with Gasteiger partial charge in [-0.1, -0.05) is 38.8 Å². The lowest BCUT2D eigenvalue weighted by Gasteiger charge is -2.35. The summed E-state index contributed by atoms with van der Waals surface area (Å²) >= 11 is 0. The van der Waals surface area contributed by atoms with Crippen LogP contribution >= 0.6 is 0 Å². The monoisotopic (exact) mass is 435 g/mol. The van der Waals surface area contributed by atoms with E-state index in [0.717, 1.165) is 24.0 Å². The smallest absolute Gasteiger partial charge is 0.280 e. The van der Waals surface area contributed by atoms with Gasteiger partial charge in [0.25, 0.3) is 5.56 Å². The molecule has 7 nitrogen and oxygen atoms in total. The zero-order chi connectivity index (χ0) is 22.4. The molecule has 1 aliphatic rings. The Kier molecular flexibility index (Phi) is 5.25. The van der Waals surface area contributed by atoms with Gasteiger partial charge < -0.3 is 9.30 Å². The summed E-state index contributed by atoms with van der Waals surface area (Å²) in [6, 6.07) is 8.21. The zero-order valence-electron chi connectivity index (χ0n) is 18.5. The molecule has 0 amide bonds. The first-order valence-electron chi connectivity index (χ1n) is 11.0. The van der Waals surface area contributed by atoms with Crippen molar-refractivity contribution in [2.45, 2.75) is 45.8 Å². The van der Waals surface area contributed by atoms with Crippen LogP contribution in [0, 0.1) is 17.7 Å². The van der Waals surface area contributed by atoms with Crippen LogP contribution in [-0.2, 0) is 11.3 Å². The van der Waals surface area contributed by atoms with Crippen molar-refractivity contribution in [3.05, 3.63) is 58.4 Å². The SMILES string of the molecule is COCc1nn2c(nnc3c(=O)n([C@H]4CCC[C@@H](C)[C@@H]4C)ccc32)c1-c1ccc(F)cc1. The fourth-order valence-corrected chi connectivity index (χ4v) is 4.96. The Hall–Kier alpha value is -3.13. The van der Waals surface area contributed by atoms with Gasteiger partial charge in [-0.05, 0) is 42.0 Å². The van der Waals surface area contributed by atoms with E-state index in [1.807, 2.05) is 16.8 Å². The highest BCUT2D eigenvalue weighted by Gasteiger charge is 2.29. The molecule has 0 radical (unpaired) electrons. The average Bonchev–Trinajstić information content (AvgIpc) is 3.15. The molecule has 0 spiro atoms. The molecule has 8 heteroatoms. The van der Waals surface area contributed by atoms with Crippen molar-refractivity contribution in [3.8, 4) is 11.1 Å². The van der Waals surface area contributed by atoms with Crippen molar-refractivity contribution in [2.75, 3.05) is 7.11 Å². The number of nitrogens with zero attached hydrogens (tertiary/aromatic N) is 5. The van der Waals surface area contributed by atoms with Gasteiger partial charge in [0.05, 0.1) is 17.9 Å². The van der Waals surface area contributed by atoms with E-state index in [1.54, 1.807) is 23.8 Å². The standard InChI is InChI=1S/C24H26FN5O2/c1-14-5-4-6-19(15(14)2)29-12-11-20-22(24(29)31)26-27-23-21(16-7-9-17(25)10-8-16)18(13-32-3)28-30(20)23/h7-12,14-15,19H,4-6,13H2,1-3H3/t14-,15+,19+/m1/s1. The number of halogens is 1. The maximum atomic E-state index is 13.5. The Labute approximate surface area is 184 Å². The number of rotatable bonds is 4. The largest absolute Gasteiger partial charge is 0.378 e. The van der Waals surface area contributed by atoms with Crippen LogP contribution in [0.3, 0.4) is 0 Å². The van der Waals surface area contributed by atoms with Crippen molar-refractivity contribution in [1.82, 2.24) is 24.4 Å². The van der Waals surface area contributed by atoms with Crippen LogP contribution in [0.5, 0.6) is 0 Å². The highest BCUT2D eigenvalue weighted by atomic mass is 19.1. The van der Waals surface area contributed by atoms with E-state index in [9.17, 15) is 9.18 Å². The maximum absolute atomic E-state index is 13.5. The second-order valence-electron chi connectivity index (χ2n) is 8.79. The van der Waals surface area contributed by atoms with Gasteiger partial charge in [-0.15, -0.1) is 10.2 Å². The number of hydrogen-bond donors (Lipinski definition) is 0. The first-order valence-corrected chi connectivity index (χ1v) is 11.0. The summed E-state index contributed by atoms with van der Waals surface area (Å²) in [7, 11) is 1.59. The molecule has 0 unspecified atom stereocenters. The average molecular weight is 436 g/mol. The van der Waals surface area contributed by atoms with Crippen LogP contribution in [0.1, 0.15) is 44.8 Å². The second-order valence-corrected chi connectivity index (χ2v) is 8.79. The van der Waals surface area contributed by atoms with E-state index in [0.29, 0.717) is 34.2 Å². The van der Waals surface area contributed by atoms with Crippen LogP contribution in [0.15, 0.2) is 41.3 Å². The number of benzene rings is 1. The van der Waals surface area contributed by atoms with E-state index in [1.165, 1.54) is 18.6 Å². The minimum atomic E-state index is -0.318. The predicted molar refractivity (Wildman–Crippen MR) is 120 cm³/mol. The predicted octanol–water partition coefficient (Wildman–Crippen LogP) is 4.39. The highest BCUT2D eigenvalue weighted by Crippen LogP contribution is 2.37. The van der Waals surface area contributed by atoms with Crippen molar-refractivity contribution in [2.24, 2.45) is 11.8 Å². The normalized spacial score (nSPS) is 21.4. The van der Waals surface area contributed by atoms with Crippen LogP contribution in [0.25, 0.3) is 27.8 Å². The summed E-state index contributed by atoms with van der Waals surface area (Å²) in [6.45, 7) is 4.73. The molecule has 0 aliphatic heterocycles. The number of hydrogen-bond acceptors (Lipinski definition) is 5. The lowest BCUT2D eigenvalue weighted by molar-refractivity contribution is 0.181. The first-order chi connectivity index (χ1) is 15.5. The molecule has 0 bridgehead atoms. The van der Waals surface area contributed by atoms with Gasteiger partial charge in [0.2, 0.25) is 0 Å². The molecule has 3 aromatic heterocycles. The molecule has 5 rings (SSSR count). The molecule has 1 aromatic carbocycles. The van der Waals surface area contributed by atoms with Crippen molar-refractivity contribution >= 4 is 16.7 Å². The number of methoxy groups -OCH3 is 1. The zero-order valence-corrected chi connectivity index (χ0v) is 18.5. The van der Waals surface area contributed by atoms with Crippen LogP contribution in [0.2, 0.25) is 0 Å². The number of aromatic nitrogens is 5. The molecule has 1 saturated carbocycles. The van der Waals surface area contributed by atoms with Gasteiger partial charge in [0, 0.05) is 19.3 Å². The van der Waals surface area contributed by atoms with Gasteiger partial charge in [-0.3, -0.25) is 4.79 Å². The van der Waals surface area contributed by atoms with Gasteiger partial charge in [-0.2, -0.15) is 5.10 Å². The Bertz CT molecular complexity index is 1340. The molecular formula is C24H26FN5O2. The van der Waals surface area contributed by atoms with Crippen LogP contribution < -0.4 is 5.56 Å². The van der Waals surface area contributed by atoms with E-state index < -0.39 is 0 Å². The van der Waals surface area contributed by atoms with E-state index in [-0.39, 0.29) is 24.0 Å². The highest BCUT2D eigenvalue weighted by molar-refractivity contribution is 5.84. The second kappa shape index (κ2) is 8.09. The summed E-state index contributed by atoms with van der Waals surface area (Å²) in [5.74, 6) is 0.673. The van der Waals surface area contributed by atoms with Gasteiger partial charge >= 0.3 is 0 Å². The molecule has 0 N–H and O–H groups in total. The van der Waals surface area contributed by atoms with Gasteiger partial charge in [0.1, 0.15) is 11.3 Å². The lowest BCUT2D eigenvalue weighted by Crippen LogP contribution is -2.34. The maximum Gasteiger partial charge on any atom is 0.280 e. The number of ether oxygens (including phenoxy) is 1. The summed E-state index contributed by atoms with van der Waals surface area (Å²) in [6.07, 6.45) is 5.16. The quantitative estimate of drug-likeness (QED) is 0.475. The number of pyridine rings is 1. The third-order valence-corrected chi connectivity index (χ3v) is 6.91. The molecule has 1 fully saturated rings. The Balaban J connectivity index is 1.70. The molecular weight excluding hydrogens is 409 g/mol. The van der Waals surface area contributed by atoms with Gasteiger partial charge in [0.15, 0.2) is 11.2 Å². The fraction of sp³-hybridized carbons (Fsp3) is 0.417. The molecule has 0 saturated heterocycles. The third kappa shape index (κ3) is 3.30. The molecule has 32 heavy (non-hydrogen) atoms. The number of fused-ring (bicyclic) bond motifs is 3. The molecule has 4 aromatic rings. The summed E-state index contributed by atoms with van der Waals surface area (Å²) < 4.78 is 22.3. The first kappa shape index (κ1) is 20.8. The topological polar surface area (TPSA) is 74.3 Å². The van der Waals surface area contributed by atoms with E-state index in [4.69, 9.17) is 4.74 Å². The Morgan fingerprint density at radius 2 is 1.91 bits per heavy atom. The summed E-state index contributed by atoms with van der Waals surface area (Å²) in [5.41, 5.74) is 3.39. The molecule has 166 valence electrons. The van der Waals surface area contributed by atoms with Crippen molar-refractivity contribution in [1.29, 1.82) is 0 Å². The summed E-state index contributed by atoms with van der Waals surface area (Å²) in [5, 5.41) is 13.4. The fourth-order valence-electron chi connectivity index (χ4n) is 4.96. The Morgan fingerprint density at radius 3 is 2.66 bits per heavy atom. The van der Waals surface area contributed by atoms with Crippen LogP contribution in [0.4, 0.5) is 4.39 Å². The molecule has 1 aliphatic carbocycles. The van der Waals surface area contributed by atoms with E-state index >= 15 is 0 Å². The van der Waals surface area contributed by atoms with Crippen LogP contribution in [-0.4, -0.2) is 31.5 Å². The van der Waals surface area contributed by atoms with E-state index in [2.05, 4.69) is 29.1 Å². The molecule has 3 atom stereocenters. The van der Waals surface area contributed by atoms with Crippen molar-refractivity contribution < 1.29 is 9.13 Å². The van der Waals surface area contributed by atoms with Crippen molar-refractivity contribution in [3.63, 3.8) is 0 Å². The molecule has 3 heterocycles.